The number of amides is 1. The zero-order valence-corrected chi connectivity index (χ0v) is 11.4. The van der Waals surface area contributed by atoms with E-state index >= 15 is 0 Å². The number of halogens is 1. The number of fused-ring (bicyclic) bond motifs is 1. The molecular weight excluding hydrogens is 248 g/mol. The van der Waals surface area contributed by atoms with Crippen molar-refractivity contribution in [3.8, 4) is 0 Å². The monoisotopic (exact) mass is 266 g/mol. The molecule has 0 spiro atoms. The van der Waals surface area contributed by atoms with Gasteiger partial charge in [-0.1, -0.05) is 24.6 Å². The summed E-state index contributed by atoms with van der Waals surface area (Å²) in [6.45, 7) is 3.19. The predicted octanol–water partition coefficient (Wildman–Crippen LogP) is 1.92. The number of carbonyl (C=O) groups is 1. The first kappa shape index (κ1) is 13.4. The van der Waals surface area contributed by atoms with E-state index in [-0.39, 0.29) is 5.91 Å². The second-order valence-corrected chi connectivity index (χ2v) is 5.19. The van der Waals surface area contributed by atoms with E-state index in [0.717, 1.165) is 30.8 Å². The smallest absolute Gasteiger partial charge is 0.233 e. The Bertz CT molecular complexity index is 434. The van der Waals surface area contributed by atoms with Crippen molar-refractivity contribution < 1.29 is 4.79 Å². The Kier molecular flexibility index (Phi) is 4.61. The Labute approximate surface area is 113 Å². The van der Waals surface area contributed by atoms with Crippen molar-refractivity contribution >= 4 is 17.5 Å². The number of benzene rings is 1. The second kappa shape index (κ2) is 6.21. The van der Waals surface area contributed by atoms with Gasteiger partial charge in [-0.2, -0.15) is 0 Å². The highest BCUT2D eigenvalue weighted by atomic mass is 35.5. The molecule has 1 atom stereocenters. The van der Waals surface area contributed by atoms with Crippen molar-refractivity contribution in [2.24, 2.45) is 0 Å². The van der Waals surface area contributed by atoms with Crippen LogP contribution in [0.5, 0.6) is 0 Å². The van der Waals surface area contributed by atoms with E-state index in [1.165, 1.54) is 11.1 Å². The SMILES string of the molecule is CCCNC(=O)CNC1Cc2ccc(Cl)cc2C1. The summed E-state index contributed by atoms with van der Waals surface area (Å²) in [6, 6.07) is 6.38. The summed E-state index contributed by atoms with van der Waals surface area (Å²) < 4.78 is 0. The van der Waals surface area contributed by atoms with Crippen LogP contribution in [0.1, 0.15) is 24.5 Å². The number of rotatable bonds is 5. The normalized spacial score (nSPS) is 17.6. The number of nitrogens with one attached hydrogen (secondary N) is 2. The molecule has 1 aromatic carbocycles. The van der Waals surface area contributed by atoms with Crippen molar-refractivity contribution in [2.45, 2.75) is 32.2 Å². The lowest BCUT2D eigenvalue weighted by molar-refractivity contribution is -0.120. The molecule has 0 saturated carbocycles. The van der Waals surface area contributed by atoms with Gasteiger partial charge >= 0.3 is 0 Å². The molecular formula is C14H19ClN2O. The first-order valence-electron chi connectivity index (χ1n) is 6.46. The zero-order valence-electron chi connectivity index (χ0n) is 10.6. The molecule has 1 unspecified atom stereocenters. The summed E-state index contributed by atoms with van der Waals surface area (Å²) in [6.07, 6.45) is 2.91. The maximum Gasteiger partial charge on any atom is 0.233 e. The van der Waals surface area contributed by atoms with Gasteiger partial charge in [0, 0.05) is 17.6 Å². The largest absolute Gasteiger partial charge is 0.355 e. The Morgan fingerprint density at radius 1 is 1.39 bits per heavy atom. The van der Waals surface area contributed by atoms with Crippen LogP contribution in [0.2, 0.25) is 5.02 Å². The van der Waals surface area contributed by atoms with Gasteiger partial charge in [-0.25, -0.2) is 0 Å². The molecule has 0 heterocycles. The first-order valence-corrected chi connectivity index (χ1v) is 6.84. The van der Waals surface area contributed by atoms with Gasteiger partial charge in [-0.15, -0.1) is 0 Å². The van der Waals surface area contributed by atoms with Crippen molar-refractivity contribution in [3.05, 3.63) is 34.3 Å². The lowest BCUT2D eigenvalue weighted by atomic mass is 10.1. The van der Waals surface area contributed by atoms with Crippen LogP contribution in [0.3, 0.4) is 0 Å². The zero-order chi connectivity index (χ0) is 13.0. The maximum atomic E-state index is 11.5. The van der Waals surface area contributed by atoms with Gasteiger partial charge < -0.3 is 10.6 Å². The van der Waals surface area contributed by atoms with E-state index in [2.05, 4.69) is 16.7 Å². The summed E-state index contributed by atoms with van der Waals surface area (Å²) in [5, 5.41) is 6.95. The lowest BCUT2D eigenvalue weighted by Crippen LogP contribution is -2.39. The highest BCUT2D eigenvalue weighted by molar-refractivity contribution is 6.30. The van der Waals surface area contributed by atoms with Gasteiger partial charge in [0.15, 0.2) is 0 Å². The van der Waals surface area contributed by atoms with Crippen molar-refractivity contribution in [1.82, 2.24) is 10.6 Å². The molecule has 1 aliphatic carbocycles. The van der Waals surface area contributed by atoms with Crippen LogP contribution in [-0.2, 0) is 17.6 Å². The lowest BCUT2D eigenvalue weighted by Gasteiger charge is -2.11. The van der Waals surface area contributed by atoms with E-state index in [0.29, 0.717) is 12.6 Å². The molecule has 0 fully saturated rings. The minimum absolute atomic E-state index is 0.0749. The predicted molar refractivity (Wildman–Crippen MR) is 74.0 cm³/mol. The van der Waals surface area contributed by atoms with Crippen LogP contribution in [0.25, 0.3) is 0 Å². The van der Waals surface area contributed by atoms with E-state index in [4.69, 9.17) is 11.6 Å². The van der Waals surface area contributed by atoms with Crippen molar-refractivity contribution in [2.75, 3.05) is 13.1 Å². The molecule has 0 bridgehead atoms. The van der Waals surface area contributed by atoms with E-state index in [1.807, 2.05) is 19.1 Å². The minimum atomic E-state index is 0.0749. The van der Waals surface area contributed by atoms with E-state index in [1.54, 1.807) is 0 Å². The van der Waals surface area contributed by atoms with Gasteiger partial charge in [0.1, 0.15) is 0 Å². The molecule has 18 heavy (non-hydrogen) atoms. The maximum absolute atomic E-state index is 11.5. The summed E-state index contributed by atoms with van der Waals surface area (Å²) in [7, 11) is 0. The van der Waals surface area contributed by atoms with E-state index < -0.39 is 0 Å². The molecule has 1 amide bonds. The second-order valence-electron chi connectivity index (χ2n) is 4.75. The fraction of sp³-hybridized carbons (Fsp3) is 0.500. The molecule has 0 aromatic heterocycles. The highest BCUT2D eigenvalue weighted by Crippen LogP contribution is 2.25. The summed E-state index contributed by atoms with van der Waals surface area (Å²) in [5.74, 6) is 0.0749. The van der Waals surface area contributed by atoms with Gasteiger partial charge in [0.05, 0.1) is 6.54 Å². The minimum Gasteiger partial charge on any atom is -0.355 e. The molecule has 2 N–H and O–H groups in total. The Balaban J connectivity index is 1.79. The van der Waals surface area contributed by atoms with Crippen LogP contribution >= 0.6 is 11.6 Å². The Morgan fingerprint density at radius 3 is 2.94 bits per heavy atom. The molecule has 1 aliphatic rings. The molecule has 3 nitrogen and oxygen atoms in total. The van der Waals surface area contributed by atoms with Crippen LogP contribution in [0.15, 0.2) is 18.2 Å². The fourth-order valence-corrected chi connectivity index (χ4v) is 2.49. The topological polar surface area (TPSA) is 41.1 Å². The molecule has 98 valence electrons. The number of hydrogen-bond acceptors (Lipinski definition) is 2. The van der Waals surface area contributed by atoms with Crippen molar-refractivity contribution in [1.29, 1.82) is 0 Å². The summed E-state index contributed by atoms with van der Waals surface area (Å²) in [5.41, 5.74) is 2.64. The molecule has 0 aliphatic heterocycles. The summed E-state index contributed by atoms with van der Waals surface area (Å²) in [4.78, 5) is 11.5. The molecule has 2 rings (SSSR count). The fourth-order valence-electron chi connectivity index (χ4n) is 2.30. The average molecular weight is 267 g/mol. The third kappa shape index (κ3) is 3.47. The van der Waals surface area contributed by atoms with E-state index in [9.17, 15) is 4.79 Å². The summed E-state index contributed by atoms with van der Waals surface area (Å²) >= 11 is 5.97. The van der Waals surface area contributed by atoms with Crippen LogP contribution in [0.4, 0.5) is 0 Å². The standard InChI is InChI=1S/C14H19ClN2O/c1-2-5-16-14(18)9-17-13-7-10-3-4-12(15)6-11(10)8-13/h3-4,6,13,17H,2,5,7-9H2,1H3,(H,16,18). The van der Waals surface area contributed by atoms with Crippen LogP contribution < -0.4 is 10.6 Å². The average Bonchev–Trinajstić information content (AvgIpc) is 2.75. The third-order valence-electron chi connectivity index (χ3n) is 3.22. The van der Waals surface area contributed by atoms with Crippen molar-refractivity contribution in [3.63, 3.8) is 0 Å². The molecule has 4 heteroatoms. The van der Waals surface area contributed by atoms with Crippen LogP contribution in [0, 0.1) is 0 Å². The number of carbonyl (C=O) groups excluding carboxylic acids is 1. The number of hydrogen-bond donors (Lipinski definition) is 2. The van der Waals surface area contributed by atoms with Gasteiger partial charge in [-0.3, -0.25) is 4.79 Å². The molecule has 0 radical (unpaired) electrons. The molecule has 0 saturated heterocycles. The van der Waals surface area contributed by atoms with Gasteiger partial charge in [0.25, 0.3) is 0 Å². The van der Waals surface area contributed by atoms with Gasteiger partial charge in [0.2, 0.25) is 5.91 Å². The highest BCUT2D eigenvalue weighted by Gasteiger charge is 2.21. The third-order valence-corrected chi connectivity index (χ3v) is 3.46. The molecule has 1 aromatic rings. The quantitative estimate of drug-likeness (QED) is 0.855. The Hall–Kier alpha value is -1.06. The first-order chi connectivity index (χ1) is 8.69. The van der Waals surface area contributed by atoms with Crippen LogP contribution in [-0.4, -0.2) is 25.0 Å². The van der Waals surface area contributed by atoms with Gasteiger partial charge in [-0.05, 0) is 42.5 Å². The Morgan fingerprint density at radius 2 is 2.17 bits per heavy atom.